The van der Waals surface area contributed by atoms with Gasteiger partial charge < -0.3 is 16.4 Å². The Kier molecular flexibility index (Phi) is 5.26. The van der Waals surface area contributed by atoms with Crippen molar-refractivity contribution in [3.8, 4) is 0 Å². The molecule has 1 aromatic heterocycles. The first-order valence-corrected chi connectivity index (χ1v) is 5.86. The van der Waals surface area contributed by atoms with E-state index in [9.17, 15) is 4.79 Å². The lowest BCUT2D eigenvalue weighted by Crippen LogP contribution is -2.26. The number of carbonyl (C=O) groups excluding carboxylic acids is 1. The number of nitrogen functional groups attached to an aromatic ring is 1. The van der Waals surface area contributed by atoms with Crippen LogP contribution in [0.5, 0.6) is 0 Å². The first kappa shape index (κ1) is 13.3. The van der Waals surface area contributed by atoms with E-state index in [0.717, 1.165) is 18.5 Å². The van der Waals surface area contributed by atoms with Gasteiger partial charge in [0.25, 0.3) is 0 Å². The van der Waals surface area contributed by atoms with Gasteiger partial charge in [-0.25, -0.2) is 4.98 Å². The molecule has 0 saturated carbocycles. The lowest BCUT2D eigenvalue weighted by atomic mass is 10.2. The zero-order valence-corrected chi connectivity index (χ0v) is 10.4. The normalized spacial score (nSPS) is 10.0. The molecule has 0 unspecified atom stereocenters. The zero-order valence-electron chi connectivity index (χ0n) is 10.4. The van der Waals surface area contributed by atoms with Crippen molar-refractivity contribution in [3.05, 3.63) is 17.8 Å². The minimum absolute atomic E-state index is 0.0468. The maximum Gasteiger partial charge on any atom is 0.221 e. The number of rotatable bonds is 6. The maximum absolute atomic E-state index is 11.3. The molecule has 4 N–H and O–H groups in total. The summed E-state index contributed by atoms with van der Waals surface area (Å²) in [4.78, 5) is 15.5. The van der Waals surface area contributed by atoms with Gasteiger partial charge in [-0.1, -0.05) is 6.92 Å². The van der Waals surface area contributed by atoms with Crippen molar-refractivity contribution < 1.29 is 4.79 Å². The highest BCUT2D eigenvalue weighted by atomic mass is 16.1. The van der Waals surface area contributed by atoms with Gasteiger partial charge in [0.05, 0.1) is 5.69 Å². The van der Waals surface area contributed by atoms with Gasteiger partial charge in [-0.2, -0.15) is 0 Å². The number of carbonyl (C=O) groups is 1. The second-order valence-electron chi connectivity index (χ2n) is 3.92. The van der Waals surface area contributed by atoms with E-state index >= 15 is 0 Å². The van der Waals surface area contributed by atoms with Crippen molar-refractivity contribution in [2.24, 2.45) is 0 Å². The molecule has 5 nitrogen and oxygen atoms in total. The third-order valence-electron chi connectivity index (χ3n) is 2.42. The van der Waals surface area contributed by atoms with Crippen LogP contribution in [-0.2, 0) is 4.79 Å². The van der Waals surface area contributed by atoms with Crippen LogP contribution in [0, 0.1) is 6.92 Å². The monoisotopic (exact) mass is 236 g/mol. The molecule has 0 saturated heterocycles. The summed E-state index contributed by atoms with van der Waals surface area (Å²) in [6.07, 6.45) is 3.08. The number of pyridine rings is 1. The van der Waals surface area contributed by atoms with Gasteiger partial charge in [0, 0.05) is 25.7 Å². The Morgan fingerprint density at radius 2 is 2.24 bits per heavy atom. The predicted octanol–water partition coefficient (Wildman–Crippen LogP) is 1.30. The number of nitrogens with two attached hydrogens (primary N) is 1. The standard InChI is InChI=1S/C12H20N4O/c1-3-6-14-10(17)5-8-16-12-11(13)9(2)4-7-15-12/h4,7H,3,5-6,8,13H2,1-2H3,(H,14,17)(H,15,16). The molecule has 0 aliphatic heterocycles. The number of nitrogens with zero attached hydrogens (tertiary/aromatic N) is 1. The molecule has 0 bridgehead atoms. The molecule has 0 aliphatic rings. The van der Waals surface area contributed by atoms with E-state index in [1.165, 1.54) is 0 Å². The van der Waals surface area contributed by atoms with E-state index in [4.69, 9.17) is 5.73 Å². The van der Waals surface area contributed by atoms with Crippen molar-refractivity contribution in [3.63, 3.8) is 0 Å². The summed E-state index contributed by atoms with van der Waals surface area (Å²) in [5, 5.41) is 5.88. The van der Waals surface area contributed by atoms with E-state index in [-0.39, 0.29) is 5.91 Å². The molecule has 94 valence electrons. The number of anilines is 2. The summed E-state index contributed by atoms with van der Waals surface area (Å²) in [5.41, 5.74) is 7.48. The molecule has 1 rings (SSSR count). The number of aromatic nitrogens is 1. The van der Waals surface area contributed by atoms with E-state index in [2.05, 4.69) is 15.6 Å². The molecule has 0 radical (unpaired) electrons. The third kappa shape index (κ3) is 4.30. The Morgan fingerprint density at radius 1 is 1.47 bits per heavy atom. The summed E-state index contributed by atoms with van der Waals surface area (Å²) >= 11 is 0. The minimum Gasteiger partial charge on any atom is -0.396 e. The van der Waals surface area contributed by atoms with Crippen molar-refractivity contribution in [2.75, 3.05) is 24.1 Å². The molecule has 0 aromatic carbocycles. The minimum atomic E-state index is 0.0468. The summed E-state index contributed by atoms with van der Waals surface area (Å²) in [7, 11) is 0. The fraction of sp³-hybridized carbons (Fsp3) is 0.500. The lowest BCUT2D eigenvalue weighted by molar-refractivity contribution is -0.120. The van der Waals surface area contributed by atoms with Crippen LogP contribution in [-0.4, -0.2) is 24.0 Å². The van der Waals surface area contributed by atoms with Crippen LogP contribution in [0.4, 0.5) is 11.5 Å². The lowest BCUT2D eigenvalue weighted by Gasteiger charge is -2.09. The Balaban J connectivity index is 2.36. The summed E-state index contributed by atoms with van der Waals surface area (Å²) in [6, 6.07) is 1.86. The van der Waals surface area contributed by atoms with Crippen LogP contribution in [0.3, 0.4) is 0 Å². The summed E-state index contributed by atoms with van der Waals surface area (Å²) < 4.78 is 0. The second-order valence-corrected chi connectivity index (χ2v) is 3.92. The average Bonchev–Trinajstić information content (AvgIpc) is 2.32. The van der Waals surface area contributed by atoms with Crippen LogP contribution >= 0.6 is 0 Å². The highest BCUT2D eigenvalue weighted by Gasteiger charge is 2.04. The topological polar surface area (TPSA) is 80.0 Å². The van der Waals surface area contributed by atoms with Crippen molar-refractivity contribution in [1.82, 2.24) is 10.3 Å². The molecule has 1 heterocycles. The van der Waals surface area contributed by atoms with Gasteiger partial charge in [0.2, 0.25) is 5.91 Å². The first-order valence-electron chi connectivity index (χ1n) is 5.86. The predicted molar refractivity (Wildman–Crippen MR) is 69.8 cm³/mol. The smallest absolute Gasteiger partial charge is 0.221 e. The quantitative estimate of drug-likeness (QED) is 0.695. The third-order valence-corrected chi connectivity index (χ3v) is 2.42. The number of hydrogen-bond donors (Lipinski definition) is 3. The maximum atomic E-state index is 11.3. The largest absolute Gasteiger partial charge is 0.396 e. The molecule has 17 heavy (non-hydrogen) atoms. The van der Waals surface area contributed by atoms with E-state index in [1.807, 2.05) is 19.9 Å². The molecule has 1 aromatic rings. The Morgan fingerprint density at radius 3 is 2.94 bits per heavy atom. The van der Waals surface area contributed by atoms with Crippen molar-refractivity contribution in [2.45, 2.75) is 26.7 Å². The van der Waals surface area contributed by atoms with Gasteiger partial charge in [-0.15, -0.1) is 0 Å². The number of aryl methyl sites for hydroxylation is 1. The van der Waals surface area contributed by atoms with Crippen molar-refractivity contribution in [1.29, 1.82) is 0 Å². The second kappa shape index (κ2) is 6.73. The molecule has 0 spiro atoms. The SMILES string of the molecule is CCCNC(=O)CCNc1nccc(C)c1N. The molecule has 0 atom stereocenters. The van der Waals surface area contributed by atoms with Gasteiger partial charge in [0.15, 0.2) is 0 Å². The number of hydrogen-bond acceptors (Lipinski definition) is 4. The summed E-state index contributed by atoms with van der Waals surface area (Å²) in [5.74, 6) is 0.693. The molecule has 1 amide bonds. The number of nitrogens with one attached hydrogen (secondary N) is 2. The fourth-order valence-corrected chi connectivity index (χ4v) is 1.36. The molecular formula is C12H20N4O. The fourth-order valence-electron chi connectivity index (χ4n) is 1.36. The number of amides is 1. The highest BCUT2D eigenvalue weighted by Crippen LogP contribution is 2.18. The zero-order chi connectivity index (χ0) is 12.7. The first-order chi connectivity index (χ1) is 8.15. The van der Waals surface area contributed by atoms with Crippen LogP contribution < -0.4 is 16.4 Å². The Labute approximate surface area is 102 Å². The van der Waals surface area contributed by atoms with Crippen molar-refractivity contribution >= 4 is 17.4 Å². The average molecular weight is 236 g/mol. The Bertz CT molecular complexity index is 379. The van der Waals surface area contributed by atoms with Crippen LogP contribution in [0.15, 0.2) is 12.3 Å². The summed E-state index contributed by atoms with van der Waals surface area (Å²) in [6.45, 7) is 5.21. The molecular weight excluding hydrogens is 216 g/mol. The van der Waals surface area contributed by atoms with Gasteiger partial charge in [-0.05, 0) is 25.0 Å². The van der Waals surface area contributed by atoms with Gasteiger partial charge in [-0.3, -0.25) is 4.79 Å². The Hall–Kier alpha value is -1.78. The molecule has 0 fully saturated rings. The van der Waals surface area contributed by atoms with Crippen LogP contribution in [0.1, 0.15) is 25.3 Å². The van der Waals surface area contributed by atoms with E-state index in [1.54, 1.807) is 6.20 Å². The van der Waals surface area contributed by atoms with E-state index in [0.29, 0.717) is 24.5 Å². The van der Waals surface area contributed by atoms with Crippen LogP contribution in [0.25, 0.3) is 0 Å². The highest BCUT2D eigenvalue weighted by molar-refractivity contribution is 5.76. The van der Waals surface area contributed by atoms with Crippen LogP contribution in [0.2, 0.25) is 0 Å². The van der Waals surface area contributed by atoms with Gasteiger partial charge >= 0.3 is 0 Å². The molecule has 5 heteroatoms. The molecule has 0 aliphatic carbocycles. The van der Waals surface area contributed by atoms with E-state index < -0.39 is 0 Å². The van der Waals surface area contributed by atoms with Gasteiger partial charge in [0.1, 0.15) is 5.82 Å².